The number of aliphatic hydroxyl groups excluding tert-OH is 2. The maximum atomic E-state index is 10.2. The van der Waals surface area contributed by atoms with Crippen LogP contribution in [0, 0.1) is 23.7 Å². The summed E-state index contributed by atoms with van der Waals surface area (Å²) in [5.74, 6) is 8.93. The third-order valence-corrected chi connectivity index (χ3v) is 1.61. The first kappa shape index (κ1) is 14.2. The molecule has 0 aliphatic rings. The number of carboxylic acids is 1. The highest BCUT2D eigenvalue weighted by Gasteiger charge is 2.07. The Bertz CT molecular complexity index is 351. The van der Waals surface area contributed by atoms with Gasteiger partial charge in [-0.05, 0) is 18.3 Å². The van der Waals surface area contributed by atoms with Crippen molar-refractivity contribution in [1.29, 1.82) is 0 Å². The molecule has 2 unspecified atom stereocenters. The second-order valence-electron chi connectivity index (χ2n) is 3.04. The maximum Gasteiger partial charge on any atom is 0.305 e. The Kier molecular flexibility index (Phi) is 7.61. The van der Waals surface area contributed by atoms with Gasteiger partial charge in [0.25, 0.3) is 0 Å². The Morgan fingerprint density at radius 1 is 1.38 bits per heavy atom. The zero-order valence-corrected chi connectivity index (χ0v) is 8.81. The first-order chi connectivity index (χ1) is 7.56. The molecule has 16 heavy (non-hydrogen) atoms. The van der Waals surface area contributed by atoms with Crippen molar-refractivity contribution in [3.8, 4) is 23.7 Å². The highest BCUT2D eigenvalue weighted by atomic mass is 16.4. The van der Waals surface area contributed by atoms with Crippen LogP contribution in [0.15, 0.2) is 12.7 Å². The number of hydrogen-bond donors (Lipinski definition) is 3. The molecule has 0 spiro atoms. The van der Waals surface area contributed by atoms with Crippen LogP contribution < -0.4 is 0 Å². The number of carboxylic acid groups (broad SMARTS) is 1. The van der Waals surface area contributed by atoms with Gasteiger partial charge in [0.2, 0.25) is 0 Å². The summed E-state index contributed by atoms with van der Waals surface area (Å²) in [6, 6.07) is 0. The Morgan fingerprint density at radius 3 is 2.62 bits per heavy atom. The van der Waals surface area contributed by atoms with Crippen LogP contribution in [-0.4, -0.2) is 33.5 Å². The van der Waals surface area contributed by atoms with E-state index in [0.29, 0.717) is 12.8 Å². The monoisotopic (exact) mass is 222 g/mol. The van der Waals surface area contributed by atoms with Crippen LogP contribution in [0.4, 0.5) is 0 Å². The molecule has 86 valence electrons. The first-order valence-corrected chi connectivity index (χ1v) is 4.75. The lowest BCUT2D eigenvalue weighted by atomic mass is 10.1. The molecule has 0 aromatic heterocycles. The van der Waals surface area contributed by atoms with Gasteiger partial charge in [0.15, 0.2) is 0 Å². The second-order valence-corrected chi connectivity index (χ2v) is 3.04. The molecule has 3 N–H and O–H groups in total. The first-order valence-electron chi connectivity index (χ1n) is 4.75. The fraction of sp³-hybridized carbons (Fsp3) is 0.417. The van der Waals surface area contributed by atoms with Crippen molar-refractivity contribution < 1.29 is 20.1 Å². The van der Waals surface area contributed by atoms with Crippen LogP contribution in [0.2, 0.25) is 0 Å². The standard InChI is InChI=1S/C12H14O4/c1-2-10(13)7-5-3-4-6-8-11(14)9-12(15)16/h2,10-11,13-14H,1,6,8-9H2,(H,15,16). The summed E-state index contributed by atoms with van der Waals surface area (Å²) in [5.41, 5.74) is 0. The van der Waals surface area contributed by atoms with Crippen LogP contribution >= 0.6 is 0 Å². The van der Waals surface area contributed by atoms with Gasteiger partial charge in [-0.15, -0.1) is 0 Å². The van der Waals surface area contributed by atoms with Crippen LogP contribution in [0.5, 0.6) is 0 Å². The van der Waals surface area contributed by atoms with E-state index in [1.165, 1.54) is 6.08 Å². The van der Waals surface area contributed by atoms with E-state index in [9.17, 15) is 4.79 Å². The Balaban J connectivity index is 3.80. The molecule has 4 heteroatoms. The predicted molar refractivity (Wildman–Crippen MR) is 59.2 cm³/mol. The summed E-state index contributed by atoms with van der Waals surface area (Å²) >= 11 is 0. The summed E-state index contributed by atoms with van der Waals surface area (Å²) in [7, 11) is 0. The Morgan fingerprint density at radius 2 is 2.06 bits per heavy atom. The third kappa shape index (κ3) is 8.83. The number of carbonyl (C=O) groups is 1. The van der Waals surface area contributed by atoms with E-state index in [-0.39, 0.29) is 6.42 Å². The van der Waals surface area contributed by atoms with Crippen molar-refractivity contribution >= 4 is 5.97 Å². The summed E-state index contributed by atoms with van der Waals surface area (Å²) in [4.78, 5) is 10.2. The number of aliphatic carboxylic acids is 1. The maximum absolute atomic E-state index is 10.2. The molecule has 0 heterocycles. The van der Waals surface area contributed by atoms with Gasteiger partial charge in [0.1, 0.15) is 6.10 Å². The minimum atomic E-state index is -1.03. The molecule has 0 aromatic carbocycles. The molecule has 0 rings (SSSR count). The molecule has 0 radical (unpaired) electrons. The largest absolute Gasteiger partial charge is 0.481 e. The van der Waals surface area contributed by atoms with Gasteiger partial charge in [0.05, 0.1) is 12.5 Å². The van der Waals surface area contributed by atoms with Crippen LogP contribution in [0.3, 0.4) is 0 Å². The number of aliphatic hydroxyl groups is 2. The van der Waals surface area contributed by atoms with Gasteiger partial charge >= 0.3 is 5.97 Å². The van der Waals surface area contributed by atoms with Crippen molar-refractivity contribution in [2.75, 3.05) is 0 Å². The average molecular weight is 222 g/mol. The van der Waals surface area contributed by atoms with Crippen molar-refractivity contribution in [3.63, 3.8) is 0 Å². The molecule has 0 saturated carbocycles. The lowest BCUT2D eigenvalue weighted by Crippen LogP contribution is -2.12. The van der Waals surface area contributed by atoms with E-state index >= 15 is 0 Å². The van der Waals surface area contributed by atoms with Gasteiger partial charge in [-0.25, -0.2) is 0 Å². The van der Waals surface area contributed by atoms with E-state index < -0.39 is 18.2 Å². The van der Waals surface area contributed by atoms with Crippen LogP contribution in [0.1, 0.15) is 19.3 Å². The molecule has 2 atom stereocenters. The Hall–Kier alpha value is -1.75. The quantitative estimate of drug-likeness (QED) is 0.457. The highest BCUT2D eigenvalue weighted by molar-refractivity contribution is 5.67. The fourth-order valence-electron chi connectivity index (χ4n) is 0.818. The van der Waals surface area contributed by atoms with E-state index in [2.05, 4.69) is 30.3 Å². The highest BCUT2D eigenvalue weighted by Crippen LogP contribution is 2.00. The minimum Gasteiger partial charge on any atom is -0.481 e. The van der Waals surface area contributed by atoms with Gasteiger partial charge < -0.3 is 15.3 Å². The molecule has 0 bridgehead atoms. The Labute approximate surface area is 94.6 Å². The average Bonchev–Trinajstić information content (AvgIpc) is 2.21. The zero-order valence-electron chi connectivity index (χ0n) is 8.81. The topological polar surface area (TPSA) is 77.8 Å². The summed E-state index contributed by atoms with van der Waals surface area (Å²) < 4.78 is 0. The van der Waals surface area contributed by atoms with E-state index in [0.717, 1.165) is 0 Å². The molecule has 0 saturated heterocycles. The van der Waals surface area contributed by atoms with Gasteiger partial charge in [0, 0.05) is 6.42 Å². The molecule has 0 aliphatic heterocycles. The number of rotatable bonds is 5. The SMILES string of the molecule is C=CC(O)C#CC#CCCC(O)CC(=O)O. The van der Waals surface area contributed by atoms with E-state index in [1.807, 2.05) is 0 Å². The number of hydrogen-bond acceptors (Lipinski definition) is 3. The minimum absolute atomic E-state index is 0.275. The molecule has 0 fully saturated rings. The zero-order chi connectivity index (χ0) is 12.4. The van der Waals surface area contributed by atoms with Crippen molar-refractivity contribution in [2.24, 2.45) is 0 Å². The molecule has 0 aromatic rings. The third-order valence-electron chi connectivity index (χ3n) is 1.61. The van der Waals surface area contributed by atoms with Crippen molar-refractivity contribution in [3.05, 3.63) is 12.7 Å². The fourth-order valence-corrected chi connectivity index (χ4v) is 0.818. The lowest BCUT2D eigenvalue weighted by molar-refractivity contribution is -0.139. The van der Waals surface area contributed by atoms with E-state index in [4.69, 9.17) is 15.3 Å². The van der Waals surface area contributed by atoms with Crippen molar-refractivity contribution in [1.82, 2.24) is 0 Å². The van der Waals surface area contributed by atoms with E-state index in [1.54, 1.807) is 0 Å². The predicted octanol–water partition coefficient (Wildman–Crippen LogP) is 0.156. The van der Waals surface area contributed by atoms with Crippen LogP contribution in [-0.2, 0) is 4.79 Å². The molecular weight excluding hydrogens is 208 g/mol. The van der Waals surface area contributed by atoms with Crippen molar-refractivity contribution in [2.45, 2.75) is 31.5 Å². The molecule has 4 nitrogen and oxygen atoms in total. The summed E-state index contributed by atoms with van der Waals surface area (Å²) in [5, 5.41) is 26.5. The summed E-state index contributed by atoms with van der Waals surface area (Å²) in [6.45, 7) is 3.34. The summed E-state index contributed by atoms with van der Waals surface area (Å²) in [6.07, 6.45) is -0.0861. The van der Waals surface area contributed by atoms with Gasteiger partial charge in [-0.2, -0.15) is 0 Å². The normalized spacial score (nSPS) is 12.4. The lowest BCUT2D eigenvalue weighted by Gasteiger charge is -2.02. The molecule has 0 aliphatic carbocycles. The molecular formula is C12H14O4. The van der Waals surface area contributed by atoms with Crippen LogP contribution in [0.25, 0.3) is 0 Å². The van der Waals surface area contributed by atoms with Gasteiger partial charge in [-0.1, -0.05) is 24.5 Å². The smallest absolute Gasteiger partial charge is 0.305 e. The second kappa shape index (κ2) is 8.55. The van der Waals surface area contributed by atoms with Gasteiger partial charge in [-0.3, -0.25) is 4.79 Å². The molecule has 0 amide bonds.